The molecule has 0 heterocycles. The number of benzene rings is 3. The molecular formula is C22H20F3NO2. The van der Waals surface area contributed by atoms with E-state index >= 15 is 0 Å². The van der Waals surface area contributed by atoms with Crippen LogP contribution in [-0.4, -0.2) is 13.2 Å². The summed E-state index contributed by atoms with van der Waals surface area (Å²) in [5, 5.41) is 0. The fourth-order valence-corrected chi connectivity index (χ4v) is 2.73. The molecule has 0 atom stereocenters. The smallest absolute Gasteiger partial charge is 0.419 e. The van der Waals surface area contributed by atoms with E-state index in [0.717, 1.165) is 11.6 Å². The molecule has 3 aromatic carbocycles. The SMILES string of the molecule is NCCOc1ccc(-c2cccc(OCc3ccccc3)c2)cc1C(F)(F)F. The molecule has 0 aromatic heterocycles. The van der Waals surface area contributed by atoms with Crippen LogP contribution in [-0.2, 0) is 12.8 Å². The van der Waals surface area contributed by atoms with Gasteiger partial charge in [-0.25, -0.2) is 0 Å². The maximum absolute atomic E-state index is 13.4. The number of hydrogen-bond donors (Lipinski definition) is 1. The first-order valence-electron chi connectivity index (χ1n) is 8.78. The van der Waals surface area contributed by atoms with Gasteiger partial charge in [-0.15, -0.1) is 0 Å². The Kier molecular flexibility index (Phi) is 6.21. The van der Waals surface area contributed by atoms with Crippen molar-refractivity contribution < 1.29 is 22.6 Å². The summed E-state index contributed by atoms with van der Waals surface area (Å²) >= 11 is 0. The van der Waals surface area contributed by atoms with Crippen molar-refractivity contribution in [3.05, 3.63) is 83.9 Å². The molecule has 3 aromatic rings. The topological polar surface area (TPSA) is 44.5 Å². The highest BCUT2D eigenvalue weighted by Gasteiger charge is 2.34. The Hall–Kier alpha value is -2.99. The van der Waals surface area contributed by atoms with Gasteiger partial charge in [0.25, 0.3) is 0 Å². The highest BCUT2D eigenvalue weighted by atomic mass is 19.4. The molecular weight excluding hydrogens is 367 g/mol. The third-order valence-electron chi connectivity index (χ3n) is 4.08. The maximum atomic E-state index is 13.4. The lowest BCUT2D eigenvalue weighted by Gasteiger charge is -2.15. The summed E-state index contributed by atoms with van der Waals surface area (Å²) in [7, 11) is 0. The minimum absolute atomic E-state index is 0.0191. The molecule has 0 amide bonds. The van der Waals surface area contributed by atoms with E-state index in [9.17, 15) is 13.2 Å². The Morgan fingerprint density at radius 1 is 0.786 bits per heavy atom. The van der Waals surface area contributed by atoms with Gasteiger partial charge in [0.2, 0.25) is 0 Å². The molecule has 0 aliphatic heterocycles. The third-order valence-corrected chi connectivity index (χ3v) is 4.08. The van der Waals surface area contributed by atoms with Crippen LogP contribution in [0.5, 0.6) is 11.5 Å². The average molecular weight is 387 g/mol. The summed E-state index contributed by atoms with van der Waals surface area (Å²) in [5.41, 5.74) is 6.56. The van der Waals surface area contributed by atoms with E-state index in [0.29, 0.717) is 23.5 Å². The molecule has 0 aliphatic carbocycles. The summed E-state index contributed by atoms with van der Waals surface area (Å²) in [4.78, 5) is 0. The predicted molar refractivity (Wildman–Crippen MR) is 102 cm³/mol. The second-order valence-corrected chi connectivity index (χ2v) is 6.15. The van der Waals surface area contributed by atoms with Gasteiger partial charge in [-0.1, -0.05) is 48.5 Å². The predicted octanol–water partition coefficient (Wildman–Crippen LogP) is 5.29. The Balaban J connectivity index is 1.84. The Bertz CT molecular complexity index is 911. The molecule has 0 aliphatic rings. The van der Waals surface area contributed by atoms with Crippen LogP contribution in [0.1, 0.15) is 11.1 Å². The van der Waals surface area contributed by atoms with Crippen LogP contribution in [0.2, 0.25) is 0 Å². The van der Waals surface area contributed by atoms with Crippen molar-refractivity contribution in [3.8, 4) is 22.6 Å². The van der Waals surface area contributed by atoms with E-state index in [-0.39, 0.29) is 18.9 Å². The molecule has 0 fully saturated rings. The Morgan fingerprint density at radius 2 is 1.54 bits per heavy atom. The van der Waals surface area contributed by atoms with Crippen molar-refractivity contribution in [1.82, 2.24) is 0 Å². The number of rotatable bonds is 7. The monoisotopic (exact) mass is 387 g/mol. The van der Waals surface area contributed by atoms with Crippen LogP contribution in [0.25, 0.3) is 11.1 Å². The molecule has 0 radical (unpaired) electrons. The first-order valence-corrected chi connectivity index (χ1v) is 8.78. The molecule has 2 N–H and O–H groups in total. The van der Waals surface area contributed by atoms with E-state index in [1.54, 1.807) is 30.3 Å². The standard InChI is InChI=1S/C22H20F3NO2/c23-22(24,25)20-14-18(9-10-21(20)27-12-11-26)17-7-4-8-19(13-17)28-15-16-5-2-1-3-6-16/h1-10,13-14H,11-12,15,26H2. The zero-order valence-electron chi connectivity index (χ0n) is 15.1. The molecule has 6 heteroatoms. The second kappa shape index (κ2) is 8.80. The fraction of sp³-hybridized carbons (Fsp3) is 0.182. The molecule has 3 nitrogen and oxygen atoms in total. The summed E-state index contributed by atoms with van der Waals surface area (Å²) < 4.78 is 51.2. The lowest BCUT2D eigenvalue weighted by Crippen LogP contribution is -2.14. The molecule has 0 saturated heterocycles. The average Bonchev–Trinajstić information content (AvgIpc) is 2.71. The molecule has 3 rings (SSSR count). The van der Waals surface area contributed by atoms with Gasteiger partial charge >= 0.3 is 6.18 Å². The van der Waals surface area contributed by atoms with Crippen LogP contribution in [0.3, 0.4) is 0 Å². The summed E-state index contributed by atoms with van der Waals surface area (Å²) in [6, 6.07) is 20.6. The first-order chi connectivity index (χ1) is 13.5. The lowest BCUT2D eigenvalue weighted by molar-refractivity contribution is -0.138. The zero-order chi connectivity index (χ0) is 20.0. The molecule has 0 bridgehead atoms. The van der Waals surface area contributed by atoms with Crippen molar-refractivity contribution >= 4 is 0 Å². The zero-order valence-corrected chi connectivity index (χ0v) is 15.1. The summed E-state index contributed by atoms with van der Waals surface area (Å²) in [6.45, 7) is 0.537. The molecule has 146 valence electrons. The second-order valence-electron chi connectivity index (χ2n) is 6.15. The van der Waals surface area contributed by atoms with E-state index in [1.165, 1.54) is 6.07 Å². The number of hydrogen-bond acceptors (Lipinski definition) is 3. The van der Waals surface area contributed by atoms with Crippen LogP contribution in [0.4, 0.5) is 13.2 Å². The first kappa shape index (κ1) is 19.8. The van der Waals surface area contributed by atoms with Crippen molar-refractivity contribution in [2.45, 2.75) is 12.8 Å². The maximum Gasteiger partial charge on any atom is 0.419 e. The van der Waals surface area contributed by atoms with Crippen LogP contribution >= 0.6 is 0 Å². The number of ether oxygens (including phenoxy) is 2. The molecule has 28 heavy (non-hydrogen) atoms. The molecule has 0 spiro atoms. The van der Waals surface area contributed by atoms with Gasteiger partial charge in [0.05, 0.1) is 5.56 Å². The van der Waals surface area contributed by atoms with Gasteiger partial charge in [0.15, 0.2) is 0 Å². The van der Waals surface area contributed by atoms with Gasteiger partial charge in [0, 0.05) is 6.54 Å². The van der Waals surface area contributed by atoms with Crippen molar-refractivity contribution in [1.29, 1.82) is 0 Å². The summed E-state index contributed by atoms with van der Waals surface area (Å²) in [5.74, 6) is 0.358. The van der Waals surface area contributed by atoms with Gasteiger partial charge < -0.3 is 15.2 Å². The number of alkyl halides is 3. The molecule has 0 unspecified atom stereocenters. The van der Waals surface area contributed by atoms with Gasteiger partial charge in [-0.3, -0.25) is 0 Å². The normalized spacial score (nSPS) is 11.3. The Labute approximate surface area is 161 Å². The van der Waals surface area contributed by atoms with E-state index in [1.807, 2.05) is 30.3 Å². The van der Waals surface area contributed by atoms with E-state index < -0.39 is 11.7 Å². The van der Waals surface area contributed by atoms with Crippen molar-refractivity contribution in [2.24, 2.45) is 5.73 Å². The lowest BCUT2D eigenvalue weighted by atomic mass is 10.0. The van der Waals surface area contributed by atoms with Crippen molar-refractivity contribution in [2.75, 3.05) is 13.2 Å². The minimum atomic E-state index is -4.53. The largest absolute Gasteiger partial charge is 0.492 e. The third kappa shape index (κ3) is 5.04. The highest BCUT2D eigenvalue weighted by Crippen LogP contribution is 2.39. The Morgan fingerprint density at radius 3 is 2.25 bits per heavy atom. The number of halogens is 3. The fourth-order valence-electron chi connectivity index (χ4n) is 2.73. The van der Waals surface area contributed by atoms with E-state index in [4.69, 9.17) is 15.2 Å². The van der Waals surface area contributed by atoms with Crippen LogP contribution in [0.15, 0.2) is 72.8 Å². The highest BCUT2D eigenvalue weighted by molar-refractivity contribution is 5.67. The van der Waals surface area contributed by atoms with Crippen LogP contribution < -0.4 is 15.2 Å². The molecule has 0 saturated carbocycles. The van der Waals surface area contributed by atoms with Crippen molar-refractivity contribution in [3.63, 3.8) is 0 Å². The number of nitrogens with two attached hydrogens (primary N) is 1. The van der Waals surface area contributed by atoms with Gasteiger partial charge in [-0.05, 0) is 41.0 Å². The van der Waals surface area contributed by atoms with Gasteiger partial charge in [0.1, 0.15) is 24.7 Å². The quantitative estimate of drug-likeness (QED) is 0.599. The summed E-state index contributed by atoms with van der Waals surface area (Å²) in [6.07, 6.45) is -4.53. The van der Waals surface area contributed by atoms with Gasteiger partial charge in [-0.2, -0.15) is 13.2 Å². The minimum Gasteiger partial charge on any atom is -0.492 e. The van der Waals surface area contributed by atoms with E-state index in [2.05, 4.69) is 0 Å². The van der Waals surface area contributed by atoms with Crippen LogP contribution in [0, 0.1) is 0 Å².